The number of anilines is 1. The molecule has 0 aromatic heterocycles. The second kappa shape index (κ2) is 6.49. The van der Waals surface area contributed by atoms with Crippen molar-refractivity contribution in [3.8, 4) is 0 Å². The van der Waals surface area contributed by atoms with Crippen LogP contribution in [0.4, 0.5) is 5.69 Å². The number of carbonyl (C=O) groups excluding carboxylic acids is 1. The maximum atomic E-state index is 10.6. The molecule has 0 fully saturated rings. The van der Waals surface area contributed by atoms with E-state index in [0.717, 1.165) is 5.69 Å². The Hall–Kier alpha value is -2.08. The number of hydrogen-bond acceptors (Lipinski definition) is 4. The minimum atomic E-state index is -0.957. The Labute approximate surface area is 98.4 Å². The number of nitrogens with one attached hydrogen (secondary N) is 1. The standard InChI is InChI=1S/C11H14N2O4/c12-10(14)7-17-6-5-13-9-3-1-8(2-4-9)11(15)16/h1-4,13H,5-7H2,(H2,12,14)(H,15,16). The van der Waals surface area contributed by atoms with Gasteiger partial charge in [0, 0.05) is 12.2 Å². The molecule has 6 nitrogen and oxygen atoms in total. The summed E-state index contributed by atoms with van der Waals surface area (Å²) >= 11 is 0. The van der Waals surface area contributed by atoms with E-state index in [1.165, 1.54) is 12.1 Å². The van der Waals surface area contributed by atoms with Gasteiger partial charge in [-0.15, -0.1) is 0 Å². The number of hydrogen-bond donors (Lipinski definition) is 3. The van der Waals surface area contributed by atoms with Crippen LogP contribution in [-0.2, 0) is 9.53 Å². The number of amides is 1. The predicted octanol–water partition coefficient (Wildman–Crippen LogP) is 0.299. The van der Waals surface area contributed by atoms with E-state index in [-0.39, 0.29) is 12.2 Å². The van der Waals surface area contributed by atoms with Gasteiger partial charge in [-0.05, 0) is 24.3 Å². The molecule has 0 bridgehead atoms. The van der Waals surface area contributed by atoms with Crippen LogP contribution in [-0.4, -0.2) is 36.7 Å². The van der Waals surface area contributed by atoms with Gasteiger partial charge in [0.15, 0.2) is 0 Å². The van der Waals surface area contributed by atoms with E-state index < -0.39 is 11.9 Å². The monoisotopic (exact) mass is 238 g/mol. The van der Waals surface area contributed by atoms with Crippen molar-refractivity contribution in [3.63, 3.8) is 0 Å². The lowest BCUT2D eigenvalue weighted by atomic mass is 10.2. The number of aromatic carboxylic acids is 1. The van der Waals surface area contributed by atoms with Gasteiger partial charge in [-0.1, -0.05) is 0 Å². The topological polar surface area (TPSA) is 102 Å². The van der Waals surface area contributed by atoms with Gasteiger partial charge in [0.25, 0.3) is 0 Å². The lowest BCUT2D eigenvalue weighted by Gasteiger charge is -2.06. The van der Waals surface area contributed by atoms with Gasteiger partial charge >= 0.3 is 5.97 Å². The smallest absolute Gasteiger partial charge is 0.335 e. The van der Waals surface area contributed by atoms with Gasteiger partial charge in [-0.25, -0.2) is 4.79 Å². The van der Waals surface area contributed by atoms with Gasteiger partial charge in [0.2, 0.25) is 5.91 Å². The van der Waals surface area contributed by atoms with E-state index in [2.05, 4.69) is 5.32 Å². The zero-order valence-corrected chi connectivity index (χ0v) is 9.18. The molecule has 92 valence electrons. The molecule has 4 N–H and O–H groups in total. The molecule has 17 heavy (non-hydrogen) atoms. The van der Waals surface area contributed by atoms with Gasteiger partial charge in [-0.2, -0.15) is 0 Å². The molecule has 0 aliphatic heterocycles. The summed E-state index contributed by atoms with van der Waals surface area (Å²) in [6.45, 7) is 0.767. The molecule has 1 rings (SSSR count). The summed E-state index contributed by atoms with van der Waals surface area (Å²) in [4.78, 5) is 20.9. The highest BCUT2D eigenvalue weighted by molar-refractivity contribution is 5.87. The van der Waals surface area contributed by atoms with Crippen LogP contribution in [0.3, 0.4) is 0 Å². The first kappa shape index (κ1) is 13.0. The van der Waals surface area contributed by atoms with Crippen LogP contribution in [0.2, 0.25) is 0 Å². The molecule has 0 saturated carbocycles. The molecule has 6 heteroatoms. The van der Waals surface area contributed by atoms with Crippen LogP contribution in [0, 0.1) is 0 Å². The maximum Gasteiger partial charge on any atom is 0.335 e. The molecule has 0 unspecified atom stereocenters. The number of rotatable bonds is 7. The fraction of sp³-hybridized carbons (Fsp3) is 0.273. The first-order chi connectivity index (χ1) is 8.09. The maximum absolute atomic E-state index is 10.6. The number of carboxylic acids is 1. The van der Waals surface area contributed by atoms with Crippen molar-refractivity contribution in [1.29, 1.82) is 0 Å². The number of carbonyl (C=O) groups is 2. The largest absolute Gasteiger partial charge is 0.478 e. The molecule has 0 spiro atoms. The number of nitrogens with two attached hydrogens (primary N) is 1. The summed E-state index contributed by atoms with van der Waals surface area (Å²) in [7, 11) is 0. The van der Waals surface area contributed by atoms with Crippen molar-refractivity contribution in [1.82, 2.24) is 0 Å². The highest BCUT2D eigenvalue weighted by Crippen LogP contribution is 2.08. The van der Waals surface area contributed by atoms with E-state index in [1.807, 2.05) is 0 Å². The molecular weight excluding hydrogens is 224 g/mol. The number of benzene rings is 1. The fourth-order valence-electron chi connectivity index (χ4n) is 1.17. The SMILES string of the molecule is NC(=O)COCCNc1ccc(C(=O)O)cc1. The first-order valence-corrected chi connectivity index (χ1v) is 5.03. The predicted molar refractivity (Wildman–Crippen MR) is 61.9 cm³/mol. The molecular formula is C11H14N2O4. The van der Waals surface area contributed by atoms with Crippen LogP contribution in [0.15, 0.2) is 24.3 Å². The average Bonchev–Trinajstić information content (AvgIpc) is 2.29. The summed E-state index contributed by atoms with van der Waals surface area (Å²) < 4.78 is 4.95. The lowest BCUT2D eigenvalue weighted by molar-refractivity contribution is -0.122. The molecule has 0 heterocycles. The third-order valence-electron chi connectivity index (χ3n) is 1.95. The lowest BCUT2D eigenvalue weighted by Crippen LogP contribution is -2.20. The van der Waals surface area contributed by atoms with Crippen LogP contribution < -0.4 is 11.1 Å². The molecule has 0 aliphatic rings. The third-order valence-corrected chi connectivity index (χ3v) is 1.95. The van der Waals surface area contributed by atoms with Crippen molar-refractivity contribution in [2.75, 3.05) is 25.1 Å². The van der Waals surface area contributed by atoms with E-state index in [0.29, 0.717) is 13.2 Å². The zero-order chi connectivity index (χ0) is 12.7. The Morgan fingerprint density at radius 1 is 1.29 bits per heavy atom. The number of carboxylic acid groups (broad SMARTS) is 1. The van der Waals surface area contributed by atoms with Crippen molar-refractivity contribution < 1.29 is 19.4 Å². The van der Waals surface area contributed by atoms with Crippen molar-refractivity contribution in [2.45, 2.75) is 0 Å². The van der Waals surface area contributed by atoms with Crippen LogP contribution >= 0.6 is 0 Å². The second-order valence-corrected chi connectivity index (χ2v) is 3.33. The van der Waals surface area contributed by atoms with Gasteiger partial charge < -0.3 is 20.9 Å². The molecule has 0 saturated heterocycles. The average molecular weight is 238 g/mol. The van der Waals surface area contributed by atoms with Crippen LogP contribution in [0.5, 0.6) is 0 Å². The van der Waals surface area contributed by atoms with Crippen molar-refractivity contribution >= 4 is 17.6 Å². The van der Waals surface area contributed by atoms with Crippen molar-refractivity contribution in [2.24, 2.45) is 5.73 Å². The zero-order valence-electron chi connectivity index (χ0n) is 9.18. The highest BCUT2D eigenvalue weighted by Gasteiger charge is 2.01. The summed E-state index contributed by atoms with van der Waals surface area (Å²) in [5.74, 6) is -1.46. The molecule has 0 aliphatic carbocycles. The number of ether oxygens (including phenoxy) is 1. The minimum absolute atomic E-state index is 0.0976. The van der Waals surface area contributed by atoms with Crippen LogP contribution in [0.1, 0.15) is 10.4 Å². The Balaban J connectivity index is 2.27. The van der Waals surface area contributed by atoms with E-state index >= 15 is 0 Å². The molecule has 0 radical (unpaired) electrons. The third kappa shape index (κ3) is 4.98. The van der Waals surface area contributed by atoms with Crippen molar-refractivity contribution in [3.05, 3.63) is 29.8 Å². The molecule has 1 aromatic carbocycles. The fourth-order valence-corrected chi connectivity index (χ4v) is 1.17. The molecule has 0 atom stereocenters. The van der Waals surface area contributed by atoms with Gasteiger partial charge in [0.1, 0.15) is 6.61 Å². The van der Waals surface area contributed by atoms with Crippen LogP contribution in [0.25, 0.3) is 0 Å². The van der Waals surface area contributed by atoms with E-state index in [1.54, 1.807) is 12.1 Å². The summed E-state index contributed by atoms with van der Waals surface area (Å²) in [5.41, 5.74) is 5.92. The normalized spacial score (nSPS) is 9.88. The Bertz CT molecular complexity index is 389. The molecule has 1 amide bonds. The highest BCUT2D eigenvalue weighted by atomic mass is 16.5. The van der Waals surface area contributed by atoms with E-state index in [9.17, 15) is 9.59 Å². The van der Waals surface area contributed by atoms with E-state index in [4.69, 9.17) is 15.6 Å². The number of primary amides is 1. The minimum Gasteiger partial charge on any atom is -0.478 e. The Morgan fingerprint density at radius 3 is 2.47 bits per heavy atom. The summed E-state index contributed by atoms with van der Waals surface area (Å²) in [6.07, 6.45) is 0. The summed E-state index contributed by atoms with van der Waals surface area (Å²) in [6, 6.07) is 6.35. The first-order valence-electron chi connectivity index (χ1n) is 5.03. The Morgan fingerprint density at radius 2 is 1.94 bits per heavy atom. The molecule has 1 aromatic rings. The summed E-state index contributed by atoms with van der Waals surface area (Å²) in [5, 5.41) is 11.7. The van der Waals surface area contributed by atoms with Gasteiger partial charge in [0.05, 0.1) is 12.2 Å². The van der Waals surface area contributed by atoms with Gasteiger partial charge in [-0.3, -0.25) is 4.79 Å². The quantitative estimate of drug-likeness (QED) is 0.593. The second-order valence-electron chi connectivity index (χ2n) is 3.33. The Kier molecular flexibility index (Phi) is 4.96.